The number of carboxylic acids is 2. The molecule has 0 saturated carbocycles. The summed E-state index contributed by atoms with van der Waals surface area (Å²) in [6, 6.07) is 5.47. The molecule has 0 aromatic carbocycles. The zero-order valence-electron chi connectivity index (χ0n) is 24.4. The molecule has 0 radical (unpaired) electrons. The first-order valence-corrected chi connectivity index (χ1v) is 16.0. The Morgan fingerprint density at radius 2 is 2.04 bits per heavy atom. The highest BCUT2D eigenvalue weighted by atomic mass is 35.5. The van der Waals surface area contributed by atoms with Crippen molar-refractivity contribution in [3.05, 3.63) is 51.9 Å². The van der Waals surface area contributed by atoms with Gasteiger partial charge in [-0.2, -0.15) is 4.57 Å². The van der Waals surface area contributed by atoms with Gasteiger partial charge in [-0.3, -0.25) is 19.3 Å². The Balaban J connectivity index is 1.37. The topological polar surface area (TPSA) is 208 Å². The SMILES string of the molecule is COCC(=O)Cn1ccc2c1ccc[n+]2CC1=C(C(=O)O)N2C(=O)[C@@H](CC(=O)/C(=N/O[C@@H](C)C(=O)O)c3nc(N)sc3Cl)[C@H]2SC1. The van der Waals surface area contributed by atoms with Gasteiger partial charge in [0.15, 0.2) is 35.2 Å². The van der Waals surface area contributed by atoms with Crippen LogP contribution >= 0.6 is 34.7 Å². The number of fused-ring (bicyclic) bond motifs is 2. The molecule has 15 nitrogen and oxygen atoms in total. The second-order valence-corrected chi connectivity index (χ2v) is 13.2. The summed E-state index contributed by atoms with van der Waals surface area (Å²) in [4.78, 5) is 72.9. The van der Waals surface area contributed by atoms with Crippen LogP contribution < -0.4 is 10.3 Å². The maximum atomic E-state index is 13.4. The van der Waals surface area contributed by atoms with Gasteiger partial charge in [0.1, 0.15) is 27.9 Å². The number of pyridine rings is 1. The number of nitrogens with two attached hydrogens (primary N) is 1. The summed E-state index contributed by atoms with van der Waals surface area (Å²) in [5, 5.41) is 22.4. The van der Waals surface area contributed by atoms with E-state index >= 15 is 0 Å². The van der Waals surface area contributed by atoms with Crippen LogP contribution in [0.15, 0.2) is 47.0 Å². The lowest BCUT2D eigenvalue weighted by Crippen LogP contribution is -2.62. The van der Waals surface area contributed by atoms with Crippen LogP contribution in [0.5, 0.6) is 0 Å². The minimum atomic E-state index is -1.39. The number of hydrogen-bond acceptors (Lipinski definition) is 12. The molecule has 0 bridgehead atoms. The largest absolute Gasteiger partial charge is 0.478 e. The van der Waals surface area contributed by atoms with Crippen LogP contribution in [0.1, 0.15) is 19.0 Å². The smallest absolute Gasteiger partial charge is 0.352 e. The Hall–Kier alpha value is -4.32. The maximum absolute atomic E-state index is 13.4. The maximum Gasteiger partial charge on any atom is 0.352 e. The minimum absolute atomic E-state index is 0.0186. The molecule has 1 saturated heterocycles. The molecule has 4 N–H and O–H groups in total. The van der Waals surface area contributed by atoms with Gasteiger partial charge in [-0.25, -0.2) is 14.6 Å². The third kappa shape index (κ3) is 6.48. The molecule has 18 heteroatoms. The molecule has 3 atom stereocenters. The summed E-state index contributed by atoms with van der Waals surface area (Å²) in [6.45, 7) is 1.48. The molecule has 2 aliphatic heterocycles. The molecular weight excluding hydrogens is 664 g/mol. The van der Waals surface area contributed by atoms with Crippen molar-refractivity contribution < 1.29 is 48.3 Å². The van der Waals surface area contributed by atoms with E-state index in [1.807, 2.05) is 16.7 Å². The highest BCUT2D eigenvalue weighted by Crippen LogP contribution is 2.45. The van der Waals surface area contributed by atoms with E-state index < -0.39 is 46.7 Å². The van der Waals surface area contributed by atoms with Gasteiger partial charge in [-0.15, -0.1) is 11.8 Å². The third-order valence-corrected chi connectivity index (χ3v) is 9.81. The number of oxime groups is 1. The van der Waals surface area contributed by atoms with E-state index in [0.29, 0.717) is 5.57 Å². The van der Waals surface area contributed by atoms with E-state index in [4.69, 9.17) is 32.0 Å². The van der Waals surface area contributed by atoms with Crippen LogP contribution in [0.3, 0.4) is 0 Å². The van der Waals surface area contributed by atoms with Crippen LogP contribution in [-0.2, 0) is 46.6 Å². The molecule has 0 aliphatic carbocycles. The van der Waals surface area contributed by atoms with Crippen molar-refractivity contribution in [2.75, 3.05) is 25.2 Å². The molecule has 0 unspecified atom stereocenters. The molecule has 0 spiro atoms. The Morgan fingerprint density at radius 3 is 2.70 bits per heavy atom. The summed E-state index contributed by atoms with van der Waals surface area (Å²) in [7, 11) is 1.45. The zero-order valence-corrected chi connectivity index (χ0v) is 26.8. The first-order chi connectivity index (χ1) is 21.9. The number of halogens is 1. The lowest BCUT2D eigenvalue weighted by Gasteiger charge is -2.49. The van der Waals surface area contributed by atoms with Gasteiger partial charge >= 0.3 is 11.9 Å². The number of carboxylic acid groups (broad SMARTS) is 2. The summed E-state index contributed by atoms with van der Waals surface area (Å²) in [5.74, 6) is -4.59. The molecule has 5 heterocycles. The number of carbonyl (C=O) groups is 5. The van der Waals surface area contributed by atoms with Crippen molar-refractivity contribution in [1.82, 2.24) is 14.5 Å². The van der Waals surface area contributed by atoms with Crippen molar-refractivity contribution in [2.24, 2.45) is 11.1 Å². The zero-order chi connectivity index (χ0) is 33.3. The quantitative estimate of drug-likeness (QED) is 0.0953. The van der Waals surface area contributed by atoms with Crippen LogP contribution in [0, 0.1) is 5.92 Å². The number of carbonyl (C=O) groups excluding carboxylic acids is 3. The van der Waals surface area contributed by atoms with E-state index in [0.717, 1.165) is 22.4 Å². The molecule has 242 valence electrons. The molecule has 46 heavy (non-hydrogen) atoms. The summed E-state index contributed by atoms with van der Waals surface area (Å²) >= 11 is 8.39. The van der Waals surface area contributed by atoms with E-state index in [-0.39, 0.29) is 58.5 Å². The third-order valence-electron chi connectivity index (χ3n) is 7.33. The number of ether oxygens (including phenoxy) is 1. The van der Waals surface area contributed by atoms with Crippen LogP contribution in [0.25, 0.3) is 11.0 Å². The number of methoxy groups -OCH3 is 1. The number of nitrogen functional groups attached to an aromatic ring is 1. The normalized spacial score (nSPS) is 18.7. The van der Waals surface area contributed by atoms with Gasteiger partial charge in [0.25, 0.3) is 0 Å². The Kier molecular flexibility index (Phi) is 9.76. The van der Waals surface area contributed by atoms with Crippen molar-refractivity contribution in [3.63, 3.8) is 0 Å². The molecule has 1 amide bonds. The van der Waals surface area contributed by atoms with Gasteiger partial charge in [0, 0.05) is 43.2 Å². The number of aliphatic carboxylic acids is 2. The Labute approximate surface area is 274 Å². The Morgan fingerprint density at radius 1 is 1.28 bits per heavy atom. The lowest BCUT2D eigenvalue weighted by atomic mass is 9.89. The molecule has 3 aromatic rings. The predicted octanol–water partition coefficient (Wildman–Crippen LogP) is 1.56. The first-order valence-electron chi connectivity index (χ1n) is 13.7. The monoisotopic (exact) mass is 691 g/mol. The van der Waals surface area contributed by atoms with E-state index in [9.17, 15) is 29.1 Å². The predicted molar refractivity (Wildman–Crippen MR) is 166 cm³/mol. The van der Waals surface area contributed by atoms with Crippen molar-refractivity contribution in [2.45, 2.75) is 37.9 Å². The number of thiazole rings is 1. The van der Waals surface area contributed by atoms with Crippen LogP contribution in [0.4, 0.5) is 5.13 Å². The van der Waals surface area contributed by atoms with Crippen LogP contribution in [0.2, 0.25) is 4.34 Å². The second kappa shape index (κ2) is 13.6. The number of β-lactam (4-membered cyclic amide) rings is 1. The number of amides is 1. The second-order valence-electron chi connectivity index (χ2n) is 10.4. The van der Waals surface area contributed by atoms with Crippen molar-refractivity contribution in [3.8, 4) is 0 Å². The average molecular weight is 692 g/mol. The number of rotatable bonds is 14. The number of ketones is 2. The van der Waals surface area contributed by atoms with Gasteiger partial charge in [0.05, 0.1) is 17.8 Å². The van der Waals surface area contributed by atoms with Crippen molar-refractivity contribution in [1.29, 1.82) is 0 Å². The molecule has 3 aromatic heterocycles. The number of anilines is 1. The molecule has 5 rings (SSSR count). The fourth-order valence-corrected chi connectivity index (χ4v) is 7.53. The van der Waals surface area contributed by atoms with Crippen molar-refractivity contribution >= 4 is 86.0 Å². The van der Waals surface area contributed by atoms with E-state index in [1.165, 1.54) is 30.7 Å². The van der Waals surface area contributed by atoms with Gasteiger partial charge in [-0.05, 0) is 13.0 Å². The highest BCUT2D eigenvalue weighted by Gasteiger charge is 2.54. The van der Waals surface area contributed by atoms with Crippen LogP contribution in [-0.4, -0.2) is 90.7 Å². The van der Waals surface area contributed by atoms with E-state index in [1.54, 1.807) is 23.0 Å². The Bertz CT molecular complexity index is 1820. The number of hydrogen-bond donors (Lipinski definition) is 3. The first kappa shape index (κ1) is 33.1. The average Bonchev–Trinajstić information content (AvgIpc) is 3.57. The molecular formula is C28H28ClN6O9S2+. The highest BCUT2D eigenvalue weighted by molar-refractivity contribution is 8.00. The lowest BCUT2D eigenvalue weighted by molar-refractivity contribution is -0.663. The summed E-state index contributed by atoms with van der Waals surface area (Å²) in [5.41, 5.74) is 7.09. The number of thioether (sulfide) groups is 1. The molecule has 2 aliphatic rings. The summed E-state index contributed by atoms with van der Waals surface area (Å²) < 4.78 is 8.58. The minimum Gasteiger partial charge on any atom is -0.478 e. The number of nitrogens with zero attached hydrogens (tertiary/aromatic N) is 5. The summed E-state index contributed by atoms with van der Waals surface area (Å²) in [6.07, 6.45) is 1.78. The number of Topliss-reactive ketones (excluding diaryl/α,β-unsaturated/α-hetero) is 2. The van der Waals surface area contributed by atoms with Gasteiger partial charge in [0.2, 0.25) is 17.5 Å². The standard InChI is InChI=1S/C28H27ClN6O9S2/c1-13(26(39)40)44-32-20(21-23(29)46-28(30)31-21)19(37)8-16-24(38)35-22(27(41)42)14(12-45-25(16)35)9-33-6-3-4-17-18(33)5-7-34(17)10-15(36)11-43-2/h3-7,13,16,25H,8-12H2,1-2H3,(H3-,30,31,39,40,41,42)/p+1/b32-20-/t13-,16+,25+/m0/s1. The fourth-order valence-electron chi connectivity index (χ4n) is 5.20. The van der Waals surface area contributed by atoms with Gasteiger partial charge in [-0.1, -0.05) is 28.1 Å². The number of aromatic nitrogens is 3. The van der Waals surface area contributed by atoms with E-state index in [2.05, 4.69) is 10.1 Å². The van der Waals surface area contributed by atoms with Gasteiger partial charge < -0.3 is 30.1 Å². The molecule has 1 fully saturated rings. The fraction of sp³-hybridized carbons (Fsp3) is 0.357.